The average molecular weight is 674 g/mol. The number of rotatable bonds is 10. The fraction of sp³-hybridized carbons (Fsp3) is 0.0588. The summed E-state index contributed by atoms with van der Waals surface area (Å²) < 4.78 is 0. The Morgan fingerprint density at radius 2 is 1.53 bits per heavy atom. The van der Waals surface area contributed by atoms with Gasteiger partial charge in [-0.25, -0.2) is 4.98 Å². The summed E-state index contributed by atoms with van der Waals surface area (Å²) in [6.07, 6.45) is 1.47. The van der Waals surface area contributed by atoms with Gasteiger partial charge in [-0.3, -0.25) is 14.4 Å². The molecule has 3 N–H and O–H groups in total. The van der Waals surface area contributed by atoms with Crippen molar-refractivity contribution < 1.29 is 14.4 Å². The van der Waals surface area contributed by atoms with Crippen molar-refractivity contribution in [3.63, 3.8) is 0 Å². The molecule has 0 saturated heterocycles. The molecule has 0 aliphatic rings. The van der Waals surface area contributed by atoms with Crippen LogP contribution in [0.4, 0.5) is 10.8 Å². The number of halogens is 2. The van der Waals surface area contributed by atoms with Gasteiger partial charge in [0.15, 0.2) is 5.13 Å². The molecule has 0 radical (unpaired) electrons. The molecule has 0 aliphatic heterocycles. The van der Waals surface area contributed by atoms with Gasteiger partial charge in [0, 0.05) is 26.6 Å². The molecule has 1 heterocycles. The van der Waals surface area contributed by atoms with Crippen LogP contribution >= 0.6 is 46.3 Å². The zero-order valence-electron chi connectivity index (χ0n) is 23.8. The highest BCUT2D eigenvalue weighted by atomic mass is 35.5. The predicted molar refractivity (Wildman–Crippen MR) is 185 cm³/mol. The van der Waals surface area contributed by atoms with Crippen molar-refractivity contribution >= 4 is 80.9 Å². The number of nitrogens with one attached hydrogen (secondary N) is 3. The van der Waals surface area contributed by atoms with E-state index in [0.29, 0.717) is 27.0 Å². The van der Waals surface area contributed by atoms with Gasteiger partial charge < -0.3 is 16.0 Å². The molecule has 226 valence electrons. The molecular formula is C34H26Cl2N4O3S2. The summed E-state index contributed by atoms with van der Waals surface area (Å²) in [6.45, 7) is 1.98. The zero-order chi connectivity index (χ0) is 31.8. The molecule has 0 aliphatic carbocycles. The van der Waals surface area contributed by atoms with E-state index in [-0.39, 0.29) is 22.4 Å². The number of nitrogens with zero attached hydrogens (tertiary/aromatic N) is 1. The SMILES string of the molecule is Cc1sc(NC(=O)CSc2ccc(NC(=O)/C(=C/c3cccc(Cl)c3Cl)NC(=O)c3ccccc3)cc2)nc1-c1ccccc1. The number of anilines is 2. The smallest absolute Gasteiger partial charge is 0.272 e. The minimum absolute atomic E-state index is 0.0176. The maximum atomic E-state index is 13.3. The number of thiazole rings is 1. The van der Waals surface area contributed by atoms with Crippen LogP contribution in [0.2, 0.25) is 10.0 Å². The summed E-state index contributed by atoms with van der Waals surface area (Å²) in [6, 6.07) is 30.5. The van der Waals surface area contributed by atoms with Gasteiger partial charge in [0.2, 0.25) is 5.91 Å². The number of aryl methyl sites for hydroxylation is 1. The Bertz CT molecular complexity index is 1860. The predicted octanol–water partition coefficient (Wildman–Crippen LogP) is 8.57. The first-order chi connectivity index (χ1) is 21.8. The van der Waals surface area contributed by atoms with E-state index < -0.39 is 11.8 Å². The van der Waals surface area contributed by atoms with Crippen LogP contribution in [-0.2, 0) is 9.59 Å². The molecule has 0 spiro atoms. The highest BCUT2D eigenvalue weighted by molar-refractivity contribution is 8.00. The molecule has 5 rings (SSSR count). The van der Waals surface area contributed by atoms with Crippen molar-refractivity contribution in [2.45, 2.75) is 11.8 Å². The maximum Gasteiger partial charge on any atom is 0.272 e. The van der Waals surface area contributed by atoms with Crippen molar-refractivity contribution in [1.29, 1.82) is 0 Å². The second-order valence-corrected chi connectivity index (χ2v) is 12.7. The lowest BCUT2D eigenvalue weighted by molar-refractivity contribution is -0.114. The van der Waals surface area contributed by atoms with Crippen LogP contribution in [0.3, 0.4) is 0 Å². The van der Waals surface area contributed by atoms with Crippen LogP contribution in [0.5, 0.6) is 0 Å². The number of aromatic nitrogens is 1. The van der Waals surface area contributed by atoms with Crippen LogP contribution in [0.1, 0.15) is 20.8 Å². The van der Waals surface area contributed by atoms with Gasteiger partial charge in [0.1, 0.15) is 5.70 Å². The van der Waals surface area contributed by atoms with Gasteiger partial charge in [0.25, 0.3) is 11.8 Å². The lowest BCUT2D eigenvalue weighted by atomic mass is 10.1. The van der Waals surface area contributed by atoms with Crippen molar-refractivity contribution in [3.05, 3.63) is 135 Å². The van der Waals surface area contributed by atoms with Crippen LogP contribution in [-0.4, -0.2) is 28.5 Å². The van der Waals surface area contributed by atoms with Crippen molar-refractivity contribution in [2.24, 2.45) is 0 Å². The molecule has 0 saturated carbocycles. The summed E-state index contributed by atoms with van der Waals surface area (Å²) in [7, 11) is 0. The second-order valence-electron chi connectivity index (χ2n) is 9.63. The van der Waals surface area contributed by atoms with Crippen LogP contribution in [0.25, 0.3) is 17.3 Å². The molecule has 4 aromatic carbocycles. The summed E-state index contributed by atoms with van der Waals surface area (Å²) in [5, 5.41) is 9.50. The minimum Gasteiger partial charge on any atom is -0.321 e. The number of hydrogen-bond donors (Lipinski definition) is 3. The van der Waals surface area contributed by atoms with Gasteiger partial charge in [-0.1, -0.05) is 83.9 Å². The van der Waals surface area contributed by atoms with Gasteiger partial charge in [0.05, 0.1) is 21.5 Å². The van der Waals surface area contributed by atoms with Crippen LogP contribution in [0, 0.1) is 6.92 Å². The number of thioether (sulfide) groups is 1. The zero-order valence-corrected chi connectivity index (χ0v) is 27.0. The molecular weight excluding hydrogens is 647 g/mol. The van der Waals surface area contributed by atoms with E-state index in [2.05, 4.69) is 20.9 Å². The molecule has 0 fully saturated rings. The number of carbonyl (C=O) groups excluding carboxylic acids is 3. The molecule has 5 aromatic rings. The molecule has 0 unspecified atom stereocenters. The van der Waals surface area contributed by atoms with Gasteiger partial charge in [-0.15, -0.1) is 23.1 Å². The van der Waals surface area contributed by atoms with Crippen LogP contribution in [0.15, 0.2) is 114 Å². The average Bonchev–Trinajstić information content (AvgIpc) is 3.42. The van der Waals surface area contributed by atoms with Gasteiger partial charge >= 0.3 is 0 Å². The van der Waals surface area contributed by atoms with Gasteiger partial charge in [-0.2, -0.15) is 0 Å². The first kappa shape index (κ1) is 32.0. The minimum atomic E-state index is -0.552. The van der Waals surface area contributed by atoms with Crippen molar-refractivity contribution in [1.82, 2.24) is 10.3 Å². The Morgan fingerprint density at radius 1 is 0.844 bits per heavy atom. The Hall–Kier alpha value is -4.41. The van der Waals surface area contributed by atoms with Gasteiger partial charge in [-0.05, 0) is 61.0 Å². The maximum absolute atomic E-state index is 13.3. The lowest BCUT2D eigenvalue weighted by Crippen LogP contribution is -2.30. The summed E-state index contributed by atoms with van der Waals surface area (Å²) in [5.74, 6) is -0.994. The molecule has 0 atom stereocenters. The third-order valence-corrected chi connectivity index (χ3v) is 9.11. The van der Waals surface area contributed by atoms with E-state index in [1.165, 1.54) is 29.2 Å². The molecule has 0 bridgehead atoms. The summed E-state index contributed by atoms with van der Waals surface area (Å²) in [4.78, 5) is 45.3. The summed E-state index contributed by atoms with van der Waals surface area (Å²) >= 11 is 15.3. The Balaban J connectivity index is 1.21. The van der Waals surface area contributed by atoms with E-state index in [9.17, 15) is 14.4 Å². The lowest BCUT2D eigenvalue weighted by Gasteiger charge is -2.12. The van der Waals surface area contributed by atoms with E-state index in [0.717, 1.165) is 21.0 Å². The molecule has 3 amide bonds. The van der Waals surface area contributed by atoms with Crippen LogP contribution < -0.4 is 16.0 Å². The molecule has 1 aromatic heterocycles. The van der Waals surface area contributed by atoms with E-state index in [1.54, 1.807) is 72.8 Å². The number of carbonyl (C=O) groups is 3. The standard InChI is InChI=1S/C34H26Cl2N4O3S2/c1-21-31(22-9-4-2-5-10-22)40-34(45-21)39-29(41)20-44-26-17-15-25(16-18-26)37-33(43)28(19-24-13-8-14-27(35)30(24)36)38-32(42)23-11-6-3-7-12-23/h2-19H,20H2,1H3,(H,37,43)(H,38,42)(H,39,40,41)/b28-19-. The number of benzene rings is 4. The third-order valence-electron chi connectivity index (χ3n) is 6.38. The quantitative estimate of drug-likeness (QED) is 0.102. The first-order valence-corrected chi connectivity index (χ1v) is 16.2. The van der Waals surface area contributed by atoms with E-state index >= 15 is 0 Å². The molecule has 45 heavy (non-hydrogen) atoms. The highest BCUT2D eigenvalue weighted by Crippen LogP contribution is 2.31. The third kappa shape index (κ3) is 8.61. The molecule has 7 nitrogen and oxygen atoms in total. The fourth-order valence-corrected chi connectivity index (χ4v) is 6.09. The monoisotopic (exact) mass is 672 g/mol. The summed E-state index contributed by atoms with van der Waals surface area (Å²) in [5.41, 5.74) is 3.20. The van der Waals surface area contributed by atoms with Crippen molar-refractivity contribution in [2.75, 3.05) is 16.4 Å². The highest BCUT2D eigenvalue weighted by Gasteiger charge is 2.17. The van der Waals surface area contributed by atoms with Crippen molar-refractivity contribution in [3.8, 4) is 11.3 Å². The number of amides is 3. The van der Waals surface area contributed by atoms with E-state index in [1.807, 2.05) is 37.3 Å². The topological polar surface area (TPSA) is 100 Å². The largest absolute Gasteiger partial charge is 0.321 e. The Labute approximate surface area is 278 Å². The number of hydrogen-bond acceptors (Lipinski definition) is 6. The second kappa shape index (κ2) is 15.0. The first-order valence-electron chi connectivity index (χ1n) is 13.7. The fourth-order valence-electron chi connectivity index (χ4n) is 4.18. The molecule has 11 heteroatoms. The Kier molecular flexibility index (Phi) is 10.7. The van der Waals surface area contributed by atoms with E-state index in [4.69, 9.17) is 23.2 Å². The Morgan fingerprint density at radius 3 is 2.24 bits per heavy atom. The normalized spacial score (nSPS) is 11.1.